The molecule has 0 radical (unpaired) electrons. The molecule has 0 spiro atoms. The summed E-state index contributed by atoms with van der Waals surface area (Å²) in [6.07, 6.45) is 7.05. The molecule has 0 aromatic rings. The average molecular weight is 224 g/mol. The Bertz CT molecular complexity index is 299. The first-order valence-electron chi connectivity index (χ1n) is 5.97. The number of hydrogen-bond donors (Lipinski definition) is 2. The van der Waals surface area contributed by atoms with Crippen molar-refractivity contribution < 1.29 is 9.47 Å². The summed E-state index contributed by atoms with van der Waals surface area (Å²) in [6.45, 7) is 3.52. The molecule has 1 aliphatic carbocycles. The van der Waals surface area contributed by atoms with Gasteiger partial charge < -0.3 is 15.2 Å². The minimum Gasteiger partial charge on any atom is -0.492 e. The smallest absolute Gasteiger partial charge is 0.143 e. The lowest BCUT2D eigenvalue weighted by molar-refractivity contribution is -0.0528. The van der Waals surface area contributed by atoms with Crippen LogP contribution in [0.3, 0.4) is 0 Å². The van der Waals surface area contributed by atoms with Crippen molar-refractivity contribution in [2.45, 2.75) is 38.5 Å². The van der Waals surface area contributed by atoms with Crippen LogP contribution in [0.25, 0.3) is 0 Å². The third kappa shape index (κ3) is 2.77. The van der Waals surface area contributed by atoms with Crippen LogP contribution >= 0.6 is 0 Å². The standard InChI is InChI=1S/C12H20N2O2/c1-2-3-6-15-12-8-16-11-7-9(13)4-5-10(11)14-12/h4,7,10,12,14H,2-3,5-6,8,13H2,1H3/t10?,12-/m0/s1. The van der Waals surface area contributed by atoms with Crippen LogP contribution in [0.5, 0.6) is 0 Å². The first-order valence-corrected chi connectivity index (χ1v) is 5.97. The Balaban J connectivity index is 1.81. The highest BCUT2D eigenvalue weighted by atomic mass is 16.5. The zero-order chi connectivity index (χ0) is 11.4. The second kappa shape index (κ2) is 5.37. The van der Waals surface area contributed by atoms with Crippen molar-refractivity contribution in [1.82, 2.24) is 5.32 Å². The maximum atomic E-state index is 5.72. The molecular formula is C12H20N2O2. The summed E-state index contributed by atoms with van der Waals surface area (Å²) in [6, 6.07) is 0.229. The molecule has 90 valence electrons. The topological polar surface area (TPSA) is 56.5 Å². The van der Waals surface area contributed by atoms with Crippen molar-refractivity contribution >= 4 is 0 Å². The zero-order valence-corrected chi connectivity index (χ0v) is 9.74. The van der Waals surface area contributed by atoms with E-state index in [0.29, 0.717) is 6.61 Å². The van der Waals surface area contributed by atoms with Crippen LogP contribution in [0.2, 0.25) is 0 Å². The van der Waals surface area contributed by atoms with Crippen molar-refractivity contribution in [2.75, 3.05) is 13.2 Å². The molecule has 16 heavy (non-hydrogen) atoms. The molecule has 0 saturated carbocycles. The number of ether oxygens (including phenoxy) is 2. The summed E-state index contributed by atoms with van der Waals surface area (Å²) in [5.74, 6) is 0.940. The second-order valence-corrected chi connectivity index (χ2v) is 4.23. The molecule has 0 amide bonds. The summed E-state index contributed by atoms with van der Waals surface area (Å²) in [5.41, 5.74) is 6.51. The molecule has 2 atom stereocenters. The molecule has 1 aliphatic heterocycles. The van der Waals surface area contributed by atoms with Crippen molar-refractivity contribution in [2.24, 2.45) is 5.73 Å². The quantitative estimate of drug-likeness (QED) is 0.706. The molecule has 0 aromatic heterocycles. The maximum Gasteiger partial charge on any atom is 0.143 e. The molecule has 2 aliphatic rings. The van der Waals surface area contributed by atoms with E-state index in [0.717, 1.165) is 37.3 Å². The Labute approximate surface area is 96.5 Å². The Morgan fingerprint density at radius 1 is 1.62 bits per heavy atom. The lowest BCUT2D eigenvalue weighted by Crippen LogP contribution is -2.49. The van der Waals surface area contributed by atoms with Crippen molar-refractivity contribution in [3.05, 3.63) is 23.6 Å². The number of fused-ring (bicyclic) bond motifs is 1. The first kappa shape index (κ1) is 11.5. The summed E-state index contributed by atoms with van der Waals surface area (Å²) in [5, 5.41) is 3.42. The minimum atomic E-state index is 0.0152. The highest BCUT2D eigenvalue weighted by molar-refractivity contribution is 5.27. The third-order valence-electron chi connectivity index (χ3n) is 2.85. The van der Waals surface area contributed by atoms with Gasteiger partial charge in [0.05, 0.1) is 6.04 Å². The third-order valence-corrected chi connectivity index (χ3v) is 2.85. The van der Waals surface area contributed by atoms with Gasteiger partial charge >= 0.3 is 0 Å². The fourth-order valence-electron chi connectivity index (χ4n) is 1.90. The van der Waals surface area contributed by atoms with Crippen LogP contribution in [-0.4, -0.2) is 25.5 Å². The first-order chi connectivity index (χ1) is 7.79. The molecular weight excluding hydrogens is 204 g/mol. The van der Waals surface area contributed by atoms with E-state index in [1.54, 1.807) is 0 Å². The SMILES string of the molecule is CCCCO[C@H]1COC2=CC(N)=CCC2N1. The monoisotopic (exact) mass is 224 g/mol. The van der Waals surface area contributed by atoms with Gasteiger partial charge in [0.25, 0.3) is 0 Å². The molecule has 4 heteroatoms. The summed E-state index contributed by atoms with van der Waals surface area (Å²) in [4.78, 5) is 0. The summed E-state index contributed by atoms with van der Waals surface area (Å²) < 4.78 is 11.3. The summed E-state index contributed by atoms with van der Waals surface area (Å²) in [7, 11) is 0. The number of unbranched alkanes of at least 4 members (excludes halogenated alkanes) is 1. The molecule has 3 N–H and O–H groups in total. The minimum absolute atomic E-state index is 0.0152. The van der Waals surface area contributed by atoms with Crippen molar-refractivity contribution in [3.63, 3.8) is 0 Å². The molecule has 1 fully saturated rings. The van der Waals surface area contributed by atoms with Gasteiger partial charge in [-0.15, -0.1) is 0 Å². The number of nitrogens with one attached hydrogen (secondary N) is 1. The molecule has 0 aromatic carbocycles. The molecule has 0 bridgehead atoms. The average Bonchev–Trinajstić information content (AvgIpc) is 2.29. The van der Waals surface area contributed by atoms with Crippen molar-refractivity contribution in [1.29, 1.82) is 0 Å². The molecule has 2 rings (SSSR count). The van der Waals surface area contributed by atoms with Crippen LogP contribution < -0.4 is 11.1 Å². The van der Waals surface area contributed by atoms with Gasteiger partial charge in [-0.25, -0.2) is 0 Å². The lowest BCUT2D eigenvalue weighted by Gasteiger charge is -2.34. The van der Waals surface area contributed by atoms with Gasteiger partial charge in [-0.1, -0.05) is 19.4 Å². The van der Waals surface area contributed by atoms with Crippen LogP contribution in [0.4, 0.5) is 0 Å². The predicted octanol–water partition coefficient (Wildman–Crippen LogP) is 1.25. The second-order valence-electron chi connectivity index (χ2n) is 4.23. The van der Waals surface area contributed by atoms with Crippen LogP contribution in [-0.2, 0) is 9.47 Å². The highest BCUT2D eigenvalue weighted by Crippen LogP contribution is 2.21. The maximum absolute atomic E-state index is 5.72. The van der Waals surface area contributed by atoms with E-state index < -0.39 is 0 Å². The van der Waals surface area contributed by atoms with E-state index in [2.05, 4.69) is 12.2 Å². The number of allylic oxidation sites excluding steroid dienone is 1. The van der Waals surface area contributed by atoms with E-state index in [1.807, 2.05) is 12.2 Å². The number of morpholine rings is 1. The van der Waals surface area contributed by atoms with Gasteiger partial charge in [0.2, 0.25) is 0 Å². The van der Waals surface area contributed by atoms with Gasteiger partial charge in [-0.3, -0.25) is 5.32 Å². The Kier molecular flexibility index (Phi) is 3.85. The Morgan fingerprint density at radius 2 is 2.50 bits per heavy atom. The van der Waals surface area contributed by atoms with Crippen LogP contribution in [0.1, 0.15) is 26.2 Å². The zero-order valence-electron chi connectivity index (χ0n) is 9.74. The van der Waals surface area contributed by atoms with Gasteiger partial charge in [0.15, 0.2) is 0 Å². The van der Waals surface area contributed by atoms with Gasteiger partial charge in [-0.2, -0.15) is 0 Å². The number of nitrogens with two attached hydrogens (primary N) is 1. The summed E-state index contributed by atoms with van der Waals surface area (Å²) >= 11 is 0. The molecule has 1 unspecified atom stereocenters. The number of hydrogen-bond acceptors (Lipinski definition) is 4. The van der Waals surface area contributed by atoms with Gasteiger partial charge in [0.1, 0.15) is 18.6 Å². The molecule has 1 saturated heterocycles. The van der Waals surface area contributed by atoms with Crippen LogP contribution in [0.15, 0.2) is 23.6 Å². The van der Waals surface area contributed by atoms with Gasteiger partial charge in [-0.05, 0) is 12.8 Å². The van der Waals surface area contributed by atoms with Crippen LogP contribution in [0, 0.1) is 0 Å². The Morgan fingerprint density at radius 3 is 3.31 bits per heavy atom. The van der Waals surface area contributed by atoms with E-state index in [-0.39, 0.29) is 12.3 Å². The van der Waals surface area contributed by atoms with E-state index in [1.165, 1.54) is 0 Å². The molecule has 4 nitrogen and oxygen atoms in total. The largest absolute Gasteiger partial charge is 0.492 e. The highest BCUT2D eigenvalue weighted by Gasteiger charge is 2.27. The van der Waals surface area contributed by atoms with E-state index in [9.17, 15) is 0 Å². The van der Waals surface area contributed by atoms with E-state index in [4.69, 9.17) is 15.2 Å². The van der Waals surface area contributed by atoms with Gasteiger partial charge in [0, 0.05) is 18.4 Å². The van der Waals surface area contributed by atoms with E-state index >= 15 is 0 Å². The van der Waals surface area contributed by atoms with Crippen molar-refractivity contribution in [3.8, 4) is 0 Å². The fraction of sp³-hybridized carbons (Fsp3) is 0.667. The Hall–Kier alpha value is -1.00. The predicted molar refractivity (Wildman–Crippen MR) is 62.5 cm³/mol. The number of rotatable bonds is 4. The molecule has 1 heterocycles. The normalized spacial score (nSPS) is 28.8. The lowest BCUT2D eigenvalue weighted by atomic mass is 10.0. The fourth-order valence-corrected chi connectivity index (χ4v) is 1.90.